The van der Waals surface area contributed by atoms with Gasteiger partial charge >= 0.3 is 0 Å². The standard InChI is InChI=1S/C19H28N2O2/c1-23-18-10-5-4-9-17(18)11-12-19(22)20-13-8-16-21-14-6-2-3-7-15-21/h4-5,9-12H,2-3,6-8,13-16H2,1H3,(H,20,22)/b12-11+. The van der Waals surface area contributed by atoms with Gasteiger partial charge in [-0.25, -0.2) is 0 Å². The molecule has 1 N–H and O–H groups in total. The molecular weight excluding hydrogens is 288 g/mol. The minimum Gasteiger partial charge on any atom is -0.496 e. The molecule has 1 aliphatic rings. The number of nitrogens with zero attached hydrogens (tertiary/aromatic N) is 1. The van der Waals surface area contributed by atoms with E-state index >= 15 is 0 Å². The van der Waals surface area contributed by atoms with Gasteiger partial charge < -0.3 is 15.0 Å². The number of carbonyl (C=O) groups is 1. The van der Waals surface area contributed by atoms with Crippen LogP contribution in [0.3, 0.4) is 0 Å². The van der Waals surface area contributed by atoms with Gasteiger partial charge in [0.05, 0.1) is 7.11 Å². The molecule has 0 aliphatic carbocycles. The van der Waals surface area contributed by atoms with E-state index in [4.69, 9.17) is 4.74 Å². The number of hydrogen-bond donors (Lipinski definition) is 1. The average Bonchev–Trinajstić information content (AvgIpc) is 2.86. The number of nitrogens with one attached hydrogen (secondary N) is 1. The maximum atomic E-state index is 11.9. The van der Waals surface area contributed by atoms with E-state index in [2.05, 4.69) is 10.2 Å². The predicted octanol–water partition coefficient (Wildman–Crippen LogP) is 3.09. The minimum atomic E-state index is -0.0493. The van der Waals surface area contributed by atoms with Gasteiger partial charge in [-0.15, -0.1) is 0 Å². The Hall–Kier alpha value is -1.81. The molecule has 4 nitrogen and oxygen atoms in total. The zero-order valence-corrected chi connectivity index (χ0v) is 14.1. The van der Waals surface area contributed by atoms with Crippen molar-refractivity contribution in [1.82, 2.24) is 10.2 Å². The summed E-state index contributed by atoms with van der Waals surface area (Å²) in [5.74, 6) is 0.726. The van der Waals surface area contributed by atoms with Crippen LogP contribution in [-0.2, 0) is 4.79 Å². The lowest BCUT2D eigenvalue weighted by Gasteiger charge is -2.19. The monoisotopic (exact) mass is 316 g/mol. The second kappa shape index (κ2) is 10.1. The molecule has 0 radical (unpaired) electrons. The Morgan fingerprint density at radius 1 is 1.22 bits per heavy atom. The first-order valence-corrected chi connectivity index (χ1v) is 8.61. The molecule has 0 saturated carbocycles. The summed E-state index contributed by atoms with van der Waals surface area (Å²) in [5.41, 5.74) is 0.912. The zero-order chi connectivity index (χ0) is 16.3. The number of methoxy groups -OCH3 is 1. The molecule has 4 heteroatoms. The van der Waals surface area contributed by atoms with Crippen molar-refractivity contribution in [3.63, 3.8) is 0 Å². The fourth-order valence-corrected chi connectivity index (χ4v) is 2.90. The smallest absolute Gasteiger partial charge is 0.244 e. The van der Waals surface area contributed by atoms with Crippen LogP contribution in [0.15, 0.2) is 30.3 Å². The average molecular weight is 316 g/mol. The highest BCUT2D eigenvalue weighted by Crippen LogP contribution is 2.18. The molecule has 2 rings (SSSR count). The molecule has 0 aromatic heterocycles. The van der Waals surface area contributed by atoms with Gasteiger partial charge in [-0.1, -0.05) is 31.0 Å². The highest BCUT2D eigenvalue weighted by Gasteiger charge is 2.08. The fraction of sp³-hybridized carbons (Fsp3) is 0.526. The molecule has 1 heterocycles. The molecule has 1 fully saturated rings. The third-order valence-corrected chi connectivity index (χ3v) is 4.20. The molecule has 0 bridgehead atoms. The first kappa shape index (κ1) is 17.5. The molecular formula is C19H28N2O2. The van der Waals surface area contributed by atoms with E-state index in [9.17, 15) is 4.79 Å². The van der Waals surface area contributed by atoms with Crippen LogP contribution in [0.25, 0.3) is 6.08 Å². The van der Waals surface area contributed by atoms with E-state index in [-0.39, 0.29) is 5.91 Å². The lowest BCUT2D eigenvalue weighted by Crippen LogP contribution is -2.30. The van der Waals surface area contributed by atoms with Crippen LogP contribution in [0.1, 0.15) is 37.7 Å². The van der Waals surface area contributed by atoms with Gasteiger partial charge in [-0.05, 0) is 51.0 Å². The first-order valence-electron chi connectivity index (χ1n) is 8.61. The summed E-state index contributed by atoms with van der Waals surface area (Å²) >= 11 is 0. The van der Waals surface area contributed by atoms with Crippen LogP contribution in [0, 0.1) is 0 Å². The second-order valence-electron chi connectivity index (χ2n) is 5.98. The third kappa shape index (κ3) is 6.45. The highest BCUT2D eigenvalue weighted by atomic mass is 16.5. The van der Waals surface area contributed by atoms with Crippen LogP contribution < -0.4 is 10.1 Å². The summed E-state index contributed by atoms with van der Waals surface area (Å²) in [5, 5.41) is 2.95. The van der Waals surface area contributed by atoms with E-state index < -0.39 is 0 Å². The third-order valence-electron chi connectivity index (χ3n) is 4.20. The van der Waals surface area contributed by atoms with E-state index in [1.165, 1.54) is 38.8 Å². The van der Waals surface area contributed by atoms with Crippen molar-refractivity contribution in [2.75, 3.05) is 33.3 Å². The van der Waals surface area contributed by atoms with Crippen LogP contribution >= 0.6 is 0 Å². The lowest BCUT2D eigenvalue weighted by molar-refractivity contribution is -0.116. The zero-order valence-electron chi connectivity index (χ0n) is 14.1. The molecule has 1 saturated heterocycles. The summed E-state index contributed by atoms with van der Waals surface area (Å²) in [7, 11) is 1.63. The largest absolute Gasteiger partial charge is 0.496 e. The number of carbonyl (C=O) groups excluding carboxylic acids is 1. The second-order valence-corrected chi connectivity index (χ2v) is 5.98. The summed E-state index contributed by atoms with van der Waals surface area (Å²) in [4.78, 5) is 14.4. The predicted molar refractivity (Wildman–Crippen MR) is 94.6 cm³/mol. The van der Waals surface area contributed by atoms with Gasteiger partial charge in [-0.2, -0.15) is 0 Å². The van der Waals surface area contributed by atoms with Crippen LogP contribution in [0.4, 0.5) is 0 Å². The molecule has 0 spiro atoms. The number of likely N-dealkylation sites (tertiary alicyclic amines) is 1. The number of hydrogen-bond acceptors (Lipinski definition) is 3. The Labute approximate surface area is 139 Å². The molecule has 126 valence electrons. The topological polar surface area (TPSA) is 41.6 Å². The van der Waals surface area contributed by atoms with Gasteiger partial charge in [-0.3, -0.25) is 4.79 Å². The fourth-order valence-electron chi connectivity index (χ4n) is 2.90. The molecule has 23 heavy (non-hydrogen) atoms. The van der Waals surface area contributed by atoms with Gasteiger partial charge in [0, 0.05) is 18.2 Å². The SMILES string of the molecule is COc1ccccc1/C=C/C(=O)NCCCN1CCCCCC1. The van der Waals surface area contributed by atoms with E-state index in [1.807, 2.05) is 24.3 Å². The van der Waals surface area contributed by atoms with Crippen molar-refractivity contribution < 1.29 is 9.53 Å². The van der Waals surface area contributed by atoms with E-state index in [1.54, 1.807) is 19.3 Å². The van der Waals surface area contributed by atoms with Crippen LogP contribution in [0.5, 0.6) is 5.75 Å². The summed E-state index contributed by atoms with van der Waals surface area (Å²) in [6.07, 6.45) is 9.73. The Bertz CT molecular complexity index is 506. The summed E-state index contributed by atoms with van der Waals surface area (Å²) < 4.78 is 5.27. The molecule has 1 amide bonds. The van der Waals surface area contributed by atoms with Crippen molar-refractivity contribution in [3.05, 3.63) is 35.9 Å². The van der Waals surface area contributed by atoms with Crippen LogP contribution in [-0.4, -0.2) is 44.1 Å². The van der Waals surface area contributed by atoms with Crippen molar-refractivity contribution in [2.24, 2.45) is 0 Å². The maximum Gasteiger partial charge on any atom is 0.244 e. The Balaban J connectivity index is 1.67. The first-order chi connectivity index (χ1) is 11.3. The molecule has 1 aliphatic heterocycles. The Morgan fingerprint density at radius 2 is 1.96 bits per heavy atom. The molecule has 0 atom stereocenters. The minimum absolute atomic E-state index is 0.0493. The summed E-state index contributed by atoms with van der Waals surface area (Å²) in [6.45, 7) is 4.23. The number of rotatable bonds is 7. The Morgan fingerprint density at radius 3 is 2.70 bits per heavy atom. The number of benzene rings is 1. The summed E-state index contributed by atoms with van der Waals surface area (Å²) in [6, 6.07) is 7.67. The lowest BCUT2D eigenvalue weighted by atomic mass is 10.2. The molecule has 1 aromatic rings. The van der Waals surface area contributed by atoms with E-state index in [0.717, 1.165) is 30.8 Å². The van der Waals surface area contributed by atoms with Gasteiger partial charge in [0.1, 0.15) is 5.75 Å². The van der Waals surface area contributed by atoms with Gasteiger partial charge in [0.25, 0.3) is 0 Å². The maximum absolute atomic E-state index is 11.9. The quantitative estimate of drug-likeness (QED) is 0.621. The van der Waals surface area contributed by atoms with Crippen molar-refractivity contribution in [1.29, 1.82) is 0 Å². The van der Waals surface area contributed by atoms with Crippen molar-refractivity contribution >= 4 is 12.0 Å². The Kier molecular flexibility index (Phi) is 7.67. The van der Waals surface area contributed by atoms with Crippen molar-refractivity contribution in [2.45, 2.75) is 32.1 Å². The number of para-hydroxylation sites is 1. The molecule has 1 aromatic carbocycles. The van der Waals surface area contributed by atoms with Crippen LogP contribution in [0.2, 0.25) is 0 Å². The normalized spacial score (nSPS) is 16.2. The van der Waals surface area contributed by atoms with Gasteiger partial charge in [0.15, 0.2) is 0 Å². The number of ether oxygens (including phenoxy) is 1. The molecule has 0 unspecified atom stereocenters. The number of amides is 1. The highest BCUT2D eigenvalue weighted by molar-refractivity contribution is 5.92. The van der Waals surface area contributed by atoms with Crippen molar-refractivity contribution in [3.8, 4) is 5.75 Å². The van der Waals surface area contributed by atoms with E-state index in [0.29, 0.717) is 0 Å². The van der Waals surface area contributed by atoms with Gasteiger partial charge in [0.2, 0.25) is 5.91 Å².